The van der Waals surface area contributed by atoms with E-state index in [0.717, 1.165) is 6.07 Å². The predicted molar refractivity (Wildman–Crippen MR) is 102 cm³/mol. The molecule has 10 heteroatoms. The van der Waals surface area contributed by atoms with Crippen LogP contribution in [0.25, 0.3) is 0 Å². The van der Waals surface area contributed by atoms with E-state index in [1.807, 2.05) is 6.92 Å². The molecule has 0 saturated carbocycles. The molecule has 8 nitrogen and oxygen atoms in total. The van der Waals surface area contributed by atoms with Crippen LogP contribution in [0.5, 0.6) is 5.75 Å². The van der Waals surface area contributed by atoms with Crippen molar-refractivity contribution in [2.75, 3.05) is 12.4 Å². The third-order valence-electron chi connectivity index (χ3n) is 3.86. The minimum atomic E-state index is -0.669. The number of hydrogen-bond donors (Lipinski definition) is 1. The Balaban J connectivity index is 1.68. The molecule has 0 radical (unpaired) electrons. The Morgan fingerprint density at radius 2 is 2.10 bits per heavy atom. The number of anilines is 1. The number of benzene rings is 1. The van der Waals surface area contributed by atoms with Gasteiger partial charge in [0.1, 0.15) is 23.9 Å². The molecular weight excluding hydrogens is 405 g/mol. The van der Waals surface area contributed by atoms with Gasteiger partial charge in [0.2, 0.25) is 0 Å². The van der Waals surface area contributed by atoms with Crippen LogP contribution in [0.15, 0.2) is 40.9 Å². The van der Waals surface area contributed by atoms with Crippen LogP contribution < -0.4 is 10.1 Å². The average molecular weight is 422 g/mol. The van der Waals surface area contributed by atoms with Crippen molar-refractivity contribution in [3.8, 4) is 5.75 Å². The van der Waals surface area contributed by atoms with Gasteiger partial charge in [-0.3, -0.25) is 9.48 Å². The number of esters is 1. The van der Waals surface area contributed by atoms with Crippen molar-refractivity contribution >= 4 is 29.2 Å². The summed E-state index contributed by atoms with van der Waals surface area (Å²) in [4.78, 5) is 24.3. The van der Waals surface area contributed by atoms with E-state index in [2.05, 4.69) is 15.2 Å². The van der Waals surface area contributed by atoms with Crippen molar-refractivity contribution in [3.05, 3.63) is 64.6 Å². The summed E-state index contributed by atoms with van der Waals surface area (Å²) in [6.45, 7) is 2.33. The average Bonchev–Trinajstić information content (AvgIpc) is 3.33. The van der Waals surface area contributed by atoms with E-state index in [1.54, 1.807) is 6.07 Å². The second-order valence-corrected chi connectivity index (χ2v) is 6.23. The summed E-state index contributed by atoms with van der Waals surface area (Å²) in [5.74, 6) is -1.07. The van der Waals surface area contributed by atoms with Crippen LogP contribution >= 0.6 is 11.6 Å². The fraction of sp³-hybridized carbons (Fsp3) is 0.211. The Morgan fingerprint density at radius 3 is 2.79 bits per heavy atom. The predicted octanol–water partition coefficient (Wildman–Crippen LogP) is 3.91. The van der Waals surface area contributed by atoms with Gasteiger partial charge in [-0.1, -0.05) is 11.6 Å². The van der Waals surface area contributed by atoms with Gasteiger partial charge in [-0.15, -0.1) is 0 Å². The fourth-order valence-corrected chi connectivity index (χ4v) is 2.65. The molecule has 3 rings (SSSR count). The van der Waals surface area contributed by atoms with E-state index in [4.69, 9.17) is 20.8 Å². The Morgan fingerprint density at radius 1 is 1.31 bits per heavy atom. The van der Waals surface area contributed by atoms with E-state index in [-0.39, 0.29) is 34.5 Å². The lowest BCUT2D eigenvalue weighted by Gasteiger charge is -2.06. The zero-order chi connectivity index (χ0) is 21.0. The number of rotatable bonds is 7. The Kier molecular flexibility index (Phi) is 6.18. The van der Waals surface area contributed by atoms with Gasteiger partial charge in [-0.05, 0) is 37.3 Å². The van der Waals surface area contributed by atoms with Crippen molar-refractivity contribution in [2.24, 2.45) is 0 Å². The lowest BCUT2D eigenvalue weighted by atomic mass is 10.3. The monoisotopic (exact) mass is 421 g/mol. The fourth-order valence-electron chi connectivity index (χ4n) is 2.42. The van der Waals surface area contributed by atoms with Crippen molar-refractivity contribution in [1.82, 2.24) is 9.78 Å². The van der Waals surface area contributed by atoms with Crippen molar-refractivity contribution in [1.29, 1.82) is 0 Å². The number of carbonyl (C=O) groups is 2. The minimum absolute atomic E-state index is 0.00821. The summed E-state index contributed by atoms with van der Waals surface area (Å²) in [6.07, 6.45) is 1.52. The highest BCUT2D eigenvalue weighted by Crippen LogP contribution is 2.26. The first-order valence-electron chi connectivity index (χ1n) is 8.55. The van der Waals surface area contributed by atoms with Gasteiger partial charge in [0.25, 0.3) is 5.91 Å². The summed E-state index contributed by atoms with van der Waals surface area (Å²) in [5.41, 5.74) is 0.194. The molecule has 0 saturated heterocycles. The van der Waals surface area contributed by atoms with Crippen molar-refractivity contribution < 1.29 is 27.9 Å². The standard InChI is InChI=1S/C19H17ClFN3O5/c1-3-24-9-14(17(23-24)19(26)27-2)22-18(25)16-7-5-12(29-16)10-28-15-6-4-11(21)8-13(15)20/h4-9H,3,10H2,1-2H3,(H,22,25). The Labute approximate surface area is 170 Å². The maximum Gasteiger partial charge on any atom is 0.360 e. The van der Waals surface area contributed by atoms with Crippen LogP contribution in [0, 0.1) is 5.82 Å². The van der Waals surface area contributed by atoms with Crippen LogP contribution in [-0.2, 0) is 17.9 Å². The molecule has 0 aliphatic rings. The largest absolute Gasteiger partial charge is 0.484 e. The van der Waals surface area contributed by atoms with Crippen molar-refractivity contribution in [3.63, 3.8) is 0 Å². The van der Waals surface area contributed by atoms with Crippen LogP contribution in [0.3, 0.4) is 0 Å². The van der Waals surface area contributed by atoms with E-state index in [9.17, 15) is 14.0 Å². The molecule has 0 fully saturated rings. The highest BCUT2D eigenvalue weighted by atomic mass is 35.5. The Hall–Kier alpha value is -3.33. The van der Waals surface area contributed by atoms with Gasteiger partial charge >= 0.3 is 5.97 Å². The molecule has 1 N–H and O–H groups in total. The number of nitrogens with one attached hydrogen (secondary N) is 1. The number of aryl methyl sites for hydroxylation is 1. The van der Waals surface area contributed by atoms with E-state index in [0.29, 0.717) is 12.3 Å². The van der Waals surface area contributed by atoms with Crippen LogP contribution in [-0.4, -0.2) is 28.8 Å². The number of methoxy groups -OCH3 is 1. The number of hydrogen-bond acceptors (Lipinski definition) is 6. The number of ether oxygens (including phenoxy) is 2. The Bertz CT molecular complexity index is 1050. The first kappa shape index (κ1) is 20.4. The summed E-state index contributed by atoms with van der Waals surface area (Å²) < 4.78 is 30.2. The number of carbonyl (C=O) groups excluding carboxylic acids is 2. The van der Waals surface area contributed by atoms with Gasteiger partial charge < -0.3 is 19.2 Å². The zero-order valence-corrected chi connectivity index (χ0v) is 16.3. The molecule has 3 aromatic rings. The normalized spacial score (nSPS) is 10.6. The first-order chi connectivity index (χ1) is 13.9. The minimum Gasteiger partial charge on any atom is -0.484 e. The molecule has 1 amide bonds. The van der Waals surface area contributed by atoms with Crippen LogP contribution in [0.2, 0.25) is 5.02 Å². The molecule has 0 unspecified atom stereocenters. The number of furan rings is 1. The molecule has 29 heavy (non-hydrogen) atoms. The van der Waals surface area contributed by atoms with Gasteiger partial charge in [0.15, 0.2) is 11.5 Å². The van der Waals surface area contributed by atoms with Crippen LogP contribution in [0.1, 0.15) is 33.7 Å². The molecule has 0 atom stereocenters. The molecule has 1 aromatic carbocycles. The molecular formula is C19H17ClFN3O5. The third-order valence-corrected chi connectivity index (χ3v) is 4.16. The van der Waals surface area contributed by atoms with E-state index >= 15 is 0 Å². The van der Waals surface area contributed by atoms with Gasteiger partial charge in [-0.25, -0.2) is 9.18 Å². The molecule has 2 heterocycles. The summed E-state index contributed by atoms with van der Waals surface area (Å²) in [6, 6.07) is 6.77. The summed E-state index contributed by atoms with van der Waals surface area (Å²) in [7, 11) is 1.23. The second kappa shape index (κ2) is 8.78. The smallest absolute Gasteiger partial charge is 0.360 e. The molecule has 0 aliphatic heterocycles. The molecule has 2 aromatic heterocycles. The third kappa shape index (κ3) is 4.75. The molecule has 0 aliphatic carbocycles. The maximum atomic E-state index is 13.1. The number of nitrogens with zero attached hydrogens (tertiary/aromatic N) is 2. The molecule has 152 valence electrons. The topological polar surface area (TPSA) is 95.6 Å². The summed E-state index contributed by atoms with van der Waals surface area (Å²) >= 11 is 5.90. The molecule has 0 spiro atoms. The summed E-state index contributed by atoms with van der Waals surface area (Å²) in [5, 5.41) is 6.77. The SMILES string of the molecule is CCn1cc(NC(=O)c2ccc(COc3ccc(F)cc3Cl)o2)c(C(=O)OC)n1. The van der Waals surface area contributed by atoms with Crippen molar-refractivity contribution in [2.45, 2.75) is 20.1 Å². The highest BCUT2D eigenvalue weighted by molar-refractivity contribution is 6.32. The van der Waals surface area contributed by atoms with Gasteiger partial charge in [0.05, 0.1) is 17.8 Å². The number of halogens is 2. The quantitative estimate of drug-likeness (QED) is 0.581. The number of amides is 1. The van der Waals surface area contributed by atoms with Gasteiger partial charge in [0, 0.05) is 12.7 Å². The molecule has 0 bridgehead atoms. The number of aromatic nitrogens is 2. The van der Waals surface area contributed by atoms with E-state index in [1.165, 1.54) is 36.2 Å². The lowest BCUT2D eigenvalue weighted by molar-refractivity contribution is 0.0594. The highest BCUT2D eigenvalue weighted by Gasteiger charge is 2.21. The van der Waals surface area contributed by atoms with E-state index < -0.39 is 17.7 Å². The lowest BCUT2D eigenvalue weighted by Crippen LogP contribution is -2.14. The van der Waals surface area contributed by atoms with Crippen LogP contribution in [0.4, 0.5) is 10.1 Å². The van der Waals surface area contributed by atoms with Gasteiger partial charge in [-0.2, -0.15) is 5.10 Å². The zero-order valence-electron chi connectivity index (χ0n) is 15.6. The second-order valence-electron chi connectivity index (χ2n) is 5.82. The maximum absolute atomic E-state index is 13.1. The first-order valence-corrected chi connectivity index (χ1v) is 8.92.